The summed E-state index contributed by atoms with van der Waals surface area (Å²) in [6.45, 7) is -19.2. The molecule has 48 heteroatoms. The highest BCUT2D eigenvalue weighted by molar-refractivity contribution is 7.99. The third-order valence-corrected chi connectivity index (χ3v) is 21.5. The Kier molecular flexibility index (Phi) is 14.3. The molecule has 12 aromatic rings. The van der Waals surface area contributed by atoms with Gasteiger partial charge < -0.3 is 101 Å². The lowest BCUT2D eigenvalue weighted by molar-refractivity contribution is -0.0629. The molecule has 144 heavy (non-hydrogen) atoms. The number of aromatic nitrogens is 20. The van der Waals surface area contributed by atoms with E-state index in [-0.39, 0.29) is 71.1 Å². The molecule has 0 saturated heterocycles. The Balaban J connectivity index is 0.000000194. The normalized spacial score (nSPS) is 52.5. The van der Waals surface area contributed by atoms with E-state index in [4.69, 9.17) is 123 Å². The van der Waals surface area contributed by atoms with Gasteiger partial charge in [-0.2, -0.15) is 0 Å². The van der Waals surface area contributed by atoms with Crippen molar-refractivity contribution in [2.45, 2.75) is 297 Å². The quantitative estimate of drug-likeness (QED) is 0.00964. The van der Waals surface area contributed by atoms with Crippen LogP contribution in [0, 0.1) is 51.0 Å². The number of ether oxygens (including phenoxy) is 4. The monoisotopic (exact) mass is 2160 g/mol. The average molecular weight is 2160 g/mol. The molecule has 0 radical (unpaired) electrons. The van der Waals surface area contributed by atoms with Gasteiger partial charge in [0.05, 0.1) is 161 Å². The fourth-order valence-electron chi connectivity index (χ4n) is 12.0. The number of benzene rings is 4. The molecule has 8 heterocycles. The van der Waals surface area contributed by atoms with E-state index in [1.54, 1.807) is 0 Å². The molecule has 8 aromatic heterocycles. The molecule has 776 valence electrons. The number of thioether (sulfide) groups is 4. The number of anilines is 4. The molecule has 24 atom stereocenters. The molecule has 8 fully saturated rings. The van der Waals surface area contributed by atoms with E-state index in [0.717, 1.165) is 55.4 Å². The summed E-state index contributed by atoms with van der Waals surface area (Å²) >= 11 is -0.547. The van der Waals surface area contributed by atoms with Crippen molar-refractivity contribution in [3.63, 3.8) is 0 Å². The van der Waals surface area contributed by atoms with Crippen molar-refractivity contribution in [3.8, 4) is 0 Å². The molecular formula is C96H124F4N24O16S4. The molecule has 0 amide bonds. The van der Waals surface area contributed by atoms with Crippen LogP contribution in [0.25, 0.3) is 44.7 Å². The largest absolute Gasteiger partial charge is 0.394 e. The van der Waals surface area contributed by atoms with Crippen LogP contribution in [0.15, 0.2) is 93.1 Å². The van der Waals surface area contributed by atoms with Crippen LogP contribution in [0.2, 0.25) is 1.41 Å². The van der Waals surface area contributed by atoms with E-state index < -0.39 is 525 Å². The first-order valence-electron chi connectivity index (χ1n) is 81.5. The van der Waals surface area contributed by atoms with Gasteiger partial charge in [-0.25, -0.2) is 76.2 Å². The van der Waals surface area contributed by atoms with Crippen molar-refractivity contribution in [1.82, 2.24) is 99.8 Å². The molecule has 4 aromatic carbocycles. The maximum absolute atomic E-state index is 15.2. The van der Waals surface area contributed by atoms with E-state index in [0.29, 0.717) is 0 Å². The van der Waals surface area contributed by atoms with Crippen molar-refractivity contribution in [3.05, 3.63) is 140 Å². The van der Waals surface area contributed by atoms with E-state index in [1.807, 2.05) is 0 Å². The molecule has 0 bridgehead atoms. The number of hydrogen-bond acceptors (Lipinski definition) is 40. The van der Waals surface area contributed by atoms with Crippen LogP contribution in [0.4, 0.5) is 40.8 Å². The zero-order valence-corrected chi connectivity index (χ0v) is 76.6. The standard InChI is InChI=1S/4C24H31FN6O4S/c4*1-3-8-36-24-27-22(26-16-10-14(16)13-5-4-12(2)15(25)9-13)19-23(28-24)31(30-29-19)17-11-18(35-7-6-32)21(34)20(17)33/h4*4-5,9,14,16-18,20-21,32-34H,3,6-8,10-11H2,1-2H3,(H,26,27,28)/t4*14-,16+,17+,18-,20-,21+/m0000/s1/i3D2,4D,5D,6D2,7D2,8D2,9D,10D2,11D2,14D,16D,17D,18D,20D,21D,32D,33D,34D;3D2,4D,5D,6D2,7D2,8D2,9D,10D2,11D2,14D,16D,17D,18D,20D,21D;3D2,4D,5D,7D2,8D2,9D,10D2,11D2,14D,16D,17D,18D,20D,21D;3D2,4D,5D,6D2,8D2,9D,10D2,11D2,14D,16D,17D,18D,20D,21D/hD. The molecular weight excluding hydrogens is 1950 g/mol. The fraction of sp³-hybridized carbons (Fsp3) is 0.583. The SMILES string of the molecule is [2H]OC([2H])([2H])C([2H])([2H])O[C@@]1([2H])C([2H])([2H])[C@@]([2H])(n2nnc3c(N([2H])[C@]4([2H])C([2H])([2H])[C@@]4([2H])c4c([2H])c([2H])c(C)c(F)c4[2H])nc(SC([2H])([2H])C([2H])([2H])C)nc32)[C@]([2H])(O[2H])[C@]1([2H])O[2H].[2H]c1c([2H])c([C@]2([2H])C([2H])([2H])[C@@]2([2H])Nc2nc(SC([2H])([2H])C([2H])([2H])C)nc3c2nnn3[C@]2([2H])C([2H])([2H])[C@]([2H])(OC([2H])([2H])C([2H])([2H])O)[C@@]([2H])(O)[C@@]2([2H])O)c([2H])c(F)c1C.[2H]c1c([2H])c([C@]2([2H])C([2H])([2H])[C@@]2([2H])Nc2nc(SC([2H])([2H])C([2H])([2H])C)nc3c2nnn3[C@]2([2H])C([2H])([2H])[C@]([2H])(OC([2H])([2H])CO)[C@@]([2H])(O)[C@@]2([2H])O)c([2H])c(F)c1C.[2H]c1c([2H])c([C@]2([2H])C([2H])([2H])[C@@]2([2H])Nc2nc(SC([2H])([2H])C([2H])([2H])C)nc3c2nnn3[C@]2([2H])C([2H])([2H])[C@]([2H])(OCC([2H])([2H])O)[C@@]([2H])(O)[C@@]2([2H])O)c([2H])c(F)c1C. The summed E-state index contributed by atoms with van der Waals surface area (Å²) in [6.07, 6.45) is -92.9. The first-order valence-corrected chi connectivity index (χ1v) is 43.1. The second kappa shape index (κ2) is 47.3. The number of aliphatic hydroxyl groups is 12. The van der Waals surface area contributed by atoms with Gasteiger partial charge in [-0.15, -0.1) is 20.4 Å². The molecule has 8 saturated carbocycles. The summed E-state index contributed by atoms with van der Waals surface area (Å²) in [7, 11) is 0. The van der Waals surface area contributed by atoms with Crippen LogP contribution >= 0.6 is 47.0 Å². The number of rotatable bonds is 43. The Morgan fingerprint density at radius 2 is 0.688 bits per heavy atom. The number of hydrogen-bond donors (Lipinski definition) is 16. The van der Waals surface area contributed by atoms with Gasteiger partial charge in [-0.3, -0.25) is 0 Å². The van der Waals surface area contributed by atoms with Crippen molar-refractivity contribution in [1.29, 1.82) is 4.29 Å². The van der Waals surface area contributed by atoms with Gasteiger partial charge in [0.25, 0.3) is 0 Å². The second-order valence-corrected chi connectivity index (χ2v) is 31.1. The van der Waals surface area contributed by atoms with Crippen LogP contribution in [0.1, 0.15) is 306 Å². The van der Waals surface area contributed by atoms with Gasteiger partial charge in [0, 0.05) is 145 Å². The number of fused-ring (bicyclic) bond motifs is 4. The van der Waals surface area contributed by atoms with Gasteiger partial charge in [0.1, 0.15) is 71.9 Å². The van der Waals surface area contributed by atoms with E-state index in [9.17, 15) is 47.3 Å². The zero-order valence-electron chi connectivity index (χ0n) is 157. The van der Waals surface area contributed by atoms with Gasteiger partial charge >= 0.3 is 0 Å². The third-order valence-electron chi connectivity index (χ3n) is 18.8. The van der Waals surface area contributed by atoms with Crippen molar-refractivity contribution in [2.75, 3.05) is 96.6 Å². The van der Waals surface area contributed by atoms with Crippen molar-refractivity contribution < 1.29 is 209 Å². The first-order chi connectivity index (χ1) is 101. The Hall–Kier alpha value is -9.52. The Labute approximate surface area is 962 Å². The lowest BCUT2D eigenvalue weighted by atomic mass is 10.1. The van der Waals surface area contributed by atoms with Crippen molar-refractivity contribution >= 4 is 115 Å². The predicted molar refractivity (Wildman–Crippen MR) is 530 cm³/mol. The van der Waals surface area contributed by atoms with Crippen LogP contribution in [-0.4, -0.2) is 338 Å². The lowest BCUT2D eigenvalue weighted by Gasteiger charge is -2.17. The smallest absolute Gasteiger partial charge is 0.211 e. The Bertz CT molecular complexity index is 11000. The van der Waals surface area contributed by atoms with Gasteiger partial charge in [-0.1, -0.05) is 144 Å². The summed E-state index contributed by atoms with van der Waals surface area (Å²) in [4.78, 5) is 31.3. The molecule has 20 rings (SSSR count). The molecule has 8 aliphatic rings. The van der Waals surface area contributed by atoms with E-state index in [1.165, 1.54) is 0 Å². The number of aliphatic hydroxyl groups excluding tert-OH is 1. The summed E-state index contributed by atoms with van der Waals surface area (Å²) < 4.78 is 780. The Morgan fingerprint density at radius 3 is 1.01 bits per heavy atom. The Morgan fingerprint density at radius 1 is 0.389 bits per heavy atom. The summed E-state index contributed by atoms with van der Waals surface area (Å²) in [5.41, 5.74) is -26.7. The highest BCUT2D eigenvalue weighted by Gasteiger charge is 2.51. The number of halogens is 4. The first kappa shape index (κ1) is 43.6. The van der Waals surface area contributed by atoms with Crippen LogP contribution < -0.4 is 21.3 Å². The molecule has 0 unspecified atom stereocenters. The third kappa shape index (κ3) is 23.8. The highest BCUT2D eigenvalue weighted by Crippen LogP contribution is 2.50. The van der Waals surface area contributed by atoms with Crippen molar-refractivity contribution in [2.24, 2.45) is 0 Å². The molecule has 0 aliphatic heterocycles. The van der Waals surface area contributed by atoms with Gasteiger partial charge in [0.15, 0.2) is 90.0 Å². The zero-order chi connectivity index (χ0) is 177. The maximum Gasteiger partial charge on any atom is 0.211 e. The number of nitrogens with one attached hydrogen (secondary N) is 4. The minimum atomic E-state index is -4.54. The van der Waals surface area contributed by atoms with Crippen LogP contribution in [0.3, 0.4) is 0 Å². The second-order valence-electron chi connectivity index (χ2n) is 28.1. The molecule has 0 spiro atoms. The van der Waals surface area contributed by atoms with Gasteiger partial charge in [-0.05, 0) is 147 Å². The topological polar surface area (TPSA) is 554 Å². The van der Waals surface area contributed by atoms with E-state index in [2.05, 4.69) is 122 Å². The van der Waals surface area contributed by atoms with E-state index >= 15 is 17.6 Å². The minimum absolute atomic E-state index is 0.0905. The number of nitrogens with zero attached hydrogens (tertiary/aromatic N) is 20. The average Bonchev–Trinajstić information content (AvgIpc) is 1.47. The van der Waals surface area contributed by atoms with Crippen LogP contribution in [-0.2, 0) is 18.9 Å². The van der Waals surface area contributed by atoms with Gasteiger partial charge in [0.2, 0.25) is 4.29 Å². The predicted octanol–water partition coefficient (Wildman–Crippen LogP) is 8.73. The summed E-state index contributed by atoms with van der Waals surface area (Å²) in [5.74, 6) is -22.5. The highest BCUT2D eigenvalue weighted by atomic mass is 32.2. The minimum Gasteiger partial charge on any atom is -0.394 e. The van der Waals surface area contributed by atoms with Crippen LogP contribution in [0.5, 0.6) is 0 Å². The molecule has 40 nitrogen and oxygen atoms in total. The summed E-state index contributed by atoms with van der Waals surface area (Å²) in [5, 5.41) is 139. The maximum atomic E-state index is 15.2. The molecule has 8 aliphatic carbocycles. The lowest BCUT2D eigenvalue weighted by Crippen LogP contribution is -2.33. The fourth-order valence-corrected chi connectivity index (χ4v) is 13.8. The molecule has 16 N–H and O–H groups in total. The summed E-state index contributed by atoms with van der Waals surface area (Å²) in [6, 6.07) is -41.7.